The fraction of sp³-hybridized carbons (Fsp3) is 0.300. The maximum Gasteiger partial charge on any atom is 0.306 e. The van der Waals surface area contributed by atoms with Crippen molar-refractivity contribution in [3.8, 4) is 0 Å². The molecule has 0 unspecified atom stereocenters. The minimum Gasteiger partial charge on any atom is -0.457 e. The van der Waals surface area contributed by atoms with Crippen LogP contribution in [0.15, 0.2) is 24.3 Å². The van der Waals surface area contributed by atoms with Gasteiger partial charge in [-0.2, -0.15) is 0 Å². The number of esters is 1. The molecule has 1 fully saturated rings. The van der Waals surface area contributed by atoms with Crippen molar-refractivity contribution < 1.29 is 13.9 Å². The molecular weight excluding hydrogens is 171 g/mol. The van der Waals surface area contributed by atoms with Crippen LogP contribution in [-0.4, -0.2) is 5.97 Å². The molecule has 1 atom stereocenters. The van der Waals surface area contributed by atoms with Crippen LogP contribution in [-0.2, 0) is 9.53 Å². The summed E-state index contributed by atoms with van der Waals surface area (Å²) in [5.41, 5.74) is 0.480. The van der Waals surface area contributed by atoms with Crippen LogP contribution in [0.1, 0.15) is 24.5 Å². The van der Waals surface area contributed by atoms with E-state index in [0.29, 0.717) is 18.4 Å². The van der Waals surface area contributed by atoms with E-state index >= 15 is 0 Å². The molecule has 1 aromatic carbocycles. The quantitative estimate of drug-likeness (QED) is 0.619. The highest BCUT2D eigenvalue weighted by Crippen LogP contribution is 2.30. The first-order chi connectivity index (χ1) is 6.27. The van der Waals surface area contributed by atoms with Crippen molar-refractivity contribution in [3.63, 3.8) is 0 Å². The van der Waals surface area contributed by atoms with Crippen LogP contribution >= 0.6 is 0 Å². The Hall–Kier alpha value is -1.38. The van der Waals surface area contributed by atoms with Crippen molar-refractivity contribution in [3.05, 3.63) is 35.6 Å². The second-order valence-electron chi connectivity index (χ2n) is 3.04. The first kappa shape index (κ1) is 8.23. The van der Waals surface area contributed by atoms with Crippen LogP contribution in [0.5, 0.6) is 0 Å². The van der Waals surface area contributed by atoms with E-state index in [9.17, 15) is 9.18 Å². The van der Waals surface area contributed by atoms with Gasteiger partial charge in [-0.15, -0.1) is 0 Å². The highest BCUT2D eigenvalue weighted by atomic mass is 19.1. The van der Waals surface area contributed by atoms with E-state index < -0.39 is 0 Å². The highest BCUT2D eigenvalue weighted by molar-refractivity contribution is 5.71. The van der Waals surface area contributed by atoms with Gasteiger partial charge in [0.25, 0.3) is 0 Å². The Morgan fingerprint density at radius 3 is 2.77 bits per heavy atom. The molecule has 68 valence electrons. The summed E-state index contributed by atoms with van der Waals surface area (Å²) in [4.78, 5) is 10.8. The summed E-state index contributed by atoms with van der Waals surface area (Å²) >= 11 is 0. The van der Waals surface area contributed by atoms with Crippen molar-refractivity contribution >= 4 is 5.97 Å². The summed E-state index contributed by atoms with van der Waals surface area (Å²) in [5.74, 6) is -0.546. The molecule has 0 radical (unpaired) electrons. The molecule has 0 spiro atoms. The van der Waals surface area contributed by atoms with Gasteiger partial charge >= 0.3 is 5.97 Å². The Morgan fingerprint density at radius 2 is 2.15 bits per heavy atom. The van der Waals surface area contributed by atoms with Gasteiger partial charge in [-0.3, -0.25) is 4.79 Å². The molecule has 1 aromatic rings. The molecule has 1 aliphatic rings. The van der Waals surface area contributed by atoms with Crippen LogP contribution in [0.25, 0.3) is 0 Å². The largest absolute Gasteiger partial charge is 0.457 e. The SMILES string of the molecule is O=C1CC[C@H](c2ccccc2F)O1. The molecular formula is C10H9FO2. The number of halogens is 1. The van der Waals surface area contributed by atoms with Gasteiger partial charge in [0.1, 0.15) is 11.9 Å². The van der Waals surface area contributed by atoms with Crippen molar-refractivity contribution in [2.24, 2.45) is 0 Å². The Kier molecular flexibility index (Phi) is 2.00. The molecule has 0 N–H and O–H groups in total. The number of carbonyl (C=O) groups is 1. The fourth-order valence-electron chi connectivity index (χ4n) is 1.48. The van der Waals surface area contributed by atoms with Gasteiger partial charge in [-0.05, 0) is 12.5 Å². The second-order valence-corrected chi connectivity index (χ2v) is 3.04. The van der Waals surface area contributed by atoms with E-state index in [0.717, 1.165) is 0 Å². The third-order valence-electron chi connectivity index (χ3n) is 2.14. The summed E-state index contributed by atoms with van der Waals surface area (Å²) in [6, 6.07) is 6.39. The monoisotopic (exact) mass is 180 g/mol. The van der Waals surface area contributed by atoms with E-state index in [2.05, 4.69) is 0 Å². The van der Waals surface area contributed by atoms with Gasteiger partial charge in [-0.25, -0.2) is 4.39 Å². The predicted octanol–water partition coefficient (Wildman–Crippen LogP) is 2.20. The zero-order valence-electron chi connectivity index (χ0n) is 7.00. The number of benzene rings is 1. The minimum atomic E-state index is -0.381. The molecule has 1 saturated heterocycles. The molecule has 0 aliphatic carbocycles. The number of carbonyl (C=O) groups excluding carboxylic acids is 1. The molecule has 0 amide bonds. The Morgan fingerprint density at radius 1 is 1.38 bits per heavy atom. The topological polar surface area (TPSA) is 26.3 Å². The molecule has 1 aliphatic heterocycles. The van der Waals surface area contributed by atoms with Gasteiger partial charge < -0.3 is 4.74 Å². The van der Waals surface area contributed by atoms with Crippen molar-refractivity contribution in [1.29, 1.82) is 0 Å². The lowest BCUT2D eigenvalue weighted by molar-refractivity contribution is -0.141. The number of cyclic esters (lactones) is 1. The maximum absolute atomic E-state index is 13.2. The molecule has 13 heavy (non-hydrogen) atoms. The molecule has 0 aromatic heterocycles. The van der Waals surface area contributed by atoms with Crippen LogP contribution < -0.4 is 0 Å². The fourth-order valence-corrected chi connectivity index (χ4v) is 1.48. The molecule has 0 saturated carbocycles. The zero-order chi connectivity index (χ0) is 9.26. The summed E-state index contributed by atoms with van der Waals surface area (Å²) in [5, 5.41) is 0. The molecule has 1 heterocycles. The van der Waals surface area contributed by atoms with Crippen molar-refractivity contribution in [1.82, 2.24) is 0 Å². The minimum absolute atomic E-state index is 0.242. The first-order valence-electron chi connectivity index (χ1n) is 4.21. The number of ether oxygens (including phenoxy) is 1. The van der Waals surface area contributed by atoms with Crippen molar-refractivity contribution in [2.45, 2.75) is 18.9 Å². The molecule has 3 heteroatoms. The second kappa shape index (κ2) is 3.17. The van der Waals surface area contributed by atoms with Crippen molar-refractivity contribution in [2.75, 3.05) is 0 Å². The van der Waals surface area contributed by atoms with E-state index in [4.69, 9.17) is 4.74 Å². The summed E-state index contributed by atoms with van der Waals surface area (Å²) in [6.07, 6.45) is 0.590. The summed E-state index contributed by atoms with van der Waals surface area (Å²) in [7, 11) is 0. The lowest BCUT2D eigenvalue weighted by Gasteiger charge is -2.09. The molecule has 2 nitrogen and oxygen atoms in total. The summed E-state index contributed by atoms with van der Waals surface area (Å²) < 4.78 is 18.1. The molecule has 2 rings (SSSR count). The predicted molar refractivity (Wildman–Crippen MR) is 44.5 cm³/mol. The lowest BCUT2D eigenvalue weighted by atomic mass is 10.1. The Labute approximate surface area is 75.3 Å². The van der Waals surface area contributed by atoms with Crippen LogP contribution in [0, 0.1) is 5.82 Å². The van der Waals surface area contributed by atoms with E-state index in [1.54, 1.807) is 18.2 Å². The third kappa shape index (κ3) is 1.54. The lowest BCUT2D eigenvalue weighted by Crippen LogP contribution is -2.00. The van der Waals surface area contributed by atoms with Gasteiger partial charge in [0.15, 0.2) is 0 Å². The Bertz CT molecular complexity index is 335. The normalized spacial score (nSPS) is 21.6. The van der Waals surface area contributed by atoms with Gasteiger partial charge in [0, 0.05) is 12.0 Å². The van der Waals surface area contributed by atoms with Crippen LogP contribution in [0.3, 0.4) is 0 Å². The number of rotatable bonds is 1. The number of hydrogen-bond donors (Lipinski definition) is 0. The summed E-state index contributed by atoms with van der Waals surface area (Å²) in [6.45, 7) is 0. The zero-order valence-corrected chi connectivity index (χ0v) is 7.00. The maximum atomic E-state index is 13.2. The molecule has 0 bridgehead atoms. The van der Waals surface area contributed by atoms with Crippen LogP contribution in [0.2, 0.25) is 0 Å². The average Bonchev–Trinajstić information content (AvgIpc) is 2.53. The van der Waals surface area contributed by atoms with E-state index in [1.807, 2.05) is 0 Å². The standard InChI is InChI=1S/C10H9FO2/c11-8-4-2-1-3-7(8)9-5-6-10(12)13-9/h1-4,9H,5-6H2/t9-/m1/s1. The highest BCUT2D eigenvalue weighted by Gasteiger charge is 2.26. The first-order valence-corrected chi connectivity index (χ1v) is 4.21. The van der Waals surface area contributed by atoms with Crippen LogP contribution in [0.4, 0.5) is 4.39 Å². The third-order valence-corrected chi connectivity index (χ3v) is 2.14. The smallest absolute Gasteiger partial charge is 0.306 e. The van der Waals surface area contributed by atoms with E-state index in [-0.39, 0.29) is 17.9 Å². The Balaban J connectivity index is 2.26. The van der Waals surface area contributed by atoms with Gasteiger partial charge in [-0.1, -0.05) is 18.2 Å². The van der Waals surface area contributed by atoms with Gasteiger partial charge in [0.05, 0.1) is 0 Å². The van der Waals surface area contributed by atoms with E-state index in [1.165, 1.54) is 6.07 Å². The van der Waals surface area contributed by atoms with Gasteiger partial charge in [0.2, 0.25) is 0 Å². The number of hydrogen-bond acceptors (Lipinski definition) is 2. The average molecular weight is 180 g/mol.